The van der Waals surface area contributed by atoms with Crippen LogP contribution >= 0.6 is 11.3 Å². The maximum atomic E-state index is 3.43. The first-order valence-corrected chi connectivity index (χ1v) is 7.46. The molecule has 0 saturated heterocycles. The first-order chi connectivity index (χ1) is 8.78. The number of hydrogen-bond acceptors (Lipinski definition) is 2. The fourth-order valence-electron chi connectivity index (χ4n) is 2.25. The monoisotopic (exact) mass is 259 g/mol. The normalized spacial score (nSPS) is 12.6. The van der Waals surface area contributed by atoms with Gasteiger partial charge in [-0.2, -0.15) is 11.3 Å². The summed E-state index contributed by atoms with van der Waals surface area (Å²) in [4.78, 5) is 0. The Morgan fingerprint density at radius 3 is 2.78 bits per heavy atom. The van der Waals surface area contributed by atoms with Crippen LogP contribution in [0.15, 0.2) is 41.1 Å². The average Bonchev–Trinajstić information content (AvgIpc) is 2.87. The molecule has 1 unspecified atom stereocenters. The summed E-state index contributed by atoms with van der Waals surface area (Å²) in [5, 5.41) is 7.83. The Bertz CT molecular complexity index is 462. The molecule has 1 aromatic heterocycles. The summed E-state index contributed by atoms with van der Waals surface area (Å²) >= 11 is 1.78. The van der Waals surface area contributed by atoms with E-state index in [2.05, 4.69) is 60.4 Å². The van der Waals surface area contributed by atoms with Gasteiger partial charge >= 0.3 is 0 Å². The Hall–Kier alpha value is -1.12. The van der Waals surface area contributed by atoms with Crippen molar-refractivity contribution < 1.29 is 0 Å². The van der Waals surface area contributed by atoms with Gasteiger partial charge in [-0.1, -0.05) is 29.8 Å². The van der Waals surface area contributed by atoms with E-state index in [0.29, 0.717) is 6.04 Å². The topological polar surface area (TPSA) is 12.0 Å². The quantitative estimate of drug-likeness (QED) is 0.831. The third kappa shape index (κ3) is 3.97. The smallest absolute Gasteiger partial charge is 0.0108 e. The van der Waals surface area contributed by atoms with Crippen LogP contribution in [0.1, 0.15) is 23.1 Å². The minimum Gasteiger partial charge on any atom is -0.317 e. The molecule has 1 aromatic carbocycles. The molecule has 1 atom stereocenters. The van der Waals surface area contributed by atoms with Crippen molar-refractivity contribution in [1.29, 1.82) is 0 Å². The third-order valence-corrected chi connectivity index (χ3v) is 4.07. The highest BCUT2D eigenvalue weighted by Crippen LogP contribution is 2.13. The molecule has 0 aliphatic rings. The molecular weight excluding hydrogens is 238 g/mol. The number of likely N-dealkylation sites (N-methyl/N-ethyl adjacent to an activating group) is 1. The molecule has 0 saturated carbocycles. The van der Waals surface area contributed by atoms with Crippen molar-refractivity contribution in [2.45, 2.75) is 32.2 Å². The zero-order chi connectivity index (χ0) is 12.8. The van der Waals surface area contributed by atoms with Crippen LogP contribution in [0.3, 0.4) is 0 Å². The summed E-state index contributed by atoms with van der Waals surface area (Å²) in [6.45, 7) is 2.16. The van der Waals surface area contributed by atoms with Crippen LogP contribution in [-0.4, -0.2) is 13.1 Å². The van der Waals surface area contributed by atoms with Crippen LogP contribution in [0.5, 0.6) is 0 Å². The number of aryl methyl sites for hydroxylation is 2. The molecule has 18 heavy (non-hydrogen) atoms. The van der Waals surface area contributed by atoms with Crippen molar-refractivity contribution in [3.05, 3.63) is 57.8 Å². The van der Waals surface area contributed by atoms with Crippen molar-refractivity contribution in [2.75, 3.05) is 7.05 Å². The molecule has 0 aliphatic heterocycles. The standard InChI is InChI=1S/C16H21NS/c1-13-4-3-5-14(10-13)6-7-16(17-2)11-15-8-9-18-12-15/h3-5,8-10,12,16-17H,6-7,11H2,1-2H3. The number of nitrogens with one attached hydrogen (secondary N) is 1. The van der Waals surface area contributed by atoms with E-state index in [1.807, 2.05) is 0 Å². The Kier molecular flexibility index (Phi) is 4.97. The molecule has 1 heterocycles. The number of thiophene rings is 1. The summed E-state index contributed by atoms with van der Waals surface area (Å²) in [6, 6.07) is 11.6. The van der Waals surface area contributed by atoms with Gasteiger partial charge in [0.2, 0.25) is 0 Å². The largest absolute Gasteiger partial charge is 0.317 e. The third-order valence-electron chi connectivity index (χ3n) is 3.33. The van der Waals surface area contributed by atoms with E-state index in [0.717, 1.165) is 12.8 Å². The second-order valence-electron chi connectivity index (χ2n) is 4.85. The number of benzene rings is 1. The van der Waals surface area contributed by atoms with Gasteiger partial charge in [-0.3, -0.25) is 0 Å². The van der Waals surface area contributed by atoms with Crippen LogP contribution in [-0.2, 0) is 12.8 Å². The minimum atomic E-state index is 0.570. The Balaban J connectivity index is 1.87. The Morgan fingerprint density at radius 2 is 2.11 bits per heavy atom. The van der Waals surface area contributed by atoms with E-state index in [4.69, 9.17) is 0 Å². The zero-order valence-corrected chi connectivity index (χ0v) is 12.0. The van der Waals surface area contributed by atoms with Crippen molar-refractivity contribution in [3.63, 3.8) is 0 Å². The summed E-state index contributed by atoms with van der Waals surface area (Å²) in [7, 11) is 2.06. The van der Waals surface area contributed by atoms with Gasteiger partial charge in [0.15, 0.2) is 0 Å². The van der Waals surface area contributed by atoms with Crippen LogP contribution in [0, 0.1) is 6.92 Å². The molecule has 2 aromatic rings. The zero-order valence-electron chi connectivity index (χ0n) is 11.1. The lowest BCUT2D eigenvalue weighted by Gasteiger charge is -2.15. The van der Waals surface area contributed by atoms with E-state index < -0.39 is 0 Å². The molecule has 2 heteroatoms. The number of rotatable bonds is 6. The molecule has 2 rings (SSSR count). The predicted octanol–water partition coefficient (Wildman–Crippen LogP) is 3.82. The van der Waals surface area contributed by atoms with Crippen molar-refractivity contribution >= 4 is 11.3 Å². The second-order valence-corrected chi connectivity index (χ2v) is 5.63. The van der Waals surface area contributed by atoms with E-state index >= 15 is 0 Å². The van der Waals surface area contributed by atoms with Crippen LogP contribution < -0.4 is 5.32 Å². The first kappa shape index (κ1) is 13.3. The lowest BCUT2D eigenvalue weighted by molar-refractivity contribution is 0.520. The maximum absolute atomic E-state index is 3.43. The predicted molar refractivity (Wildman–Crippen MR) is 80.4 cm³/mol. The maximum Gasteiger partial charge on any atom is 0.0108 e. The molecule has 1 N–H and O–H groups in total. The molecule has 0 amide bonds. The second kappa shape index (κ2) is 6.72. The van der Waals surface area contributed by atoms with Crippen molar-refractivity contribution in [1.82, 2.24) is 5.32 Å². The molecule has 96 valence electrons. The highest BCUT2D eigenvalue weighted by atomic mass is 32.1. The molecule has 0 fully saturated rings. The lowest BCUT2D eigenvalue weighted by atomic mass is 10.00. The van der Waals surface area contributed by atoms with Gasteiger partial charge < -0.3 is 5.32 Å². The van der Waals surface area contributed by atoms with Gasteiger partial charge in [0, 0.05) is 6.04 Å². The average molecular weight is 259 g/mol. The van der Waals surface area contributed by atoms with E-state index in [1.165, 1.54) is 23.1 Å². The molecule has 0 radical (unpaired) electrons. The summed E-state index contributed by atoms with van der Waals surface area (Å²) in [5.74, 6) is 0. The summed E-state index contributed by atoms with van der Waals surface area (Å²) in [5.41, 5.74) is 4.25. The highest BCUT2D eigenvalue weighted by molar-refractivity contribution is 7.07. The van der Waals surface area contributed by atoms with Gasteiger partial charge in [-0.25, -0.2) is 0 Å². The summed E-state index contributed by atoms with van der Waals surface area (Å²) < 4.78 is 0. The van der Waals surface area contributed by atoms with Gasteiger partial charge in [0.05, 0.1) is 0 Å². The van der Waals surface area contributed by atoms with Gasteiger partial charge in [0.25, 0.3) is 0 Å². The van der Waals surface area contributed by atoms with Crippen LogP contribution in [0.25, 0.3) is 0 Å². The van der Waals surface area contributed by atoms with Crippen molar-refractivity contribution in [2.24, 2.45) is 0 Å². The van der Waals surface area contributed by atoms with E-state index in [1.54, 1.807) is 11.3 Å². The minimum absolute atomic E-state index is 0.570. The molecule has 0 bridgehead atoms. The molecule has 0 spiro atoms. The van der Waals surface area contributed by atoms with Gasteiger partial charge in [-0.05, 0) is 61.2 Å². The highest BCUT2D eigenvalue weighted by Gasteiger charge is 2.08. The van der Waals surface area contributed by atoms with E-state index in [-0.39, 0.29) is 0 Å². The first-order valence-electron chi connectivity index (χ1n) is 6.52. The Labute approximate surface area is 114 Å². The molecule has 1 nitrogen and oxygen atoms in total. The van der Waals surface area contributed by atoms with Gasteiger partial charge in [-0.15, -0.1) is 0 Å². The fourth-order valence-corrected chi connectivity index (χ4v) is 2.93. The fraction of sp³-hybridized carbons (Fsp3) is 0.375. The van der Waals surface area contributed by atoms with Crippen LogP contribution in [0.4, 0.5) is 0 Å². The Morgan fingerprint density at radius 1 is 1.22 bits per heavy atom. The SMILES string of the molecule is CNC(CCc1cccc(C)c1)Cc1ccsc1. The van der Waals surface area contributed by atoms with Crippen molar-refractivity contribution in [3.8, 4) is 0 Å². The lowest BCUT2D eigenvalue weighted by Crippen LogP contribution is -2.27. The molecule has 0 aliphatic carbocycles. The van der Waals surface area contributed by atoms with E-state index in [9.17, 15) is 0 Å². The van der Waals surface area contributed by atoms with Gasteiger partial charge in [0.1, 0.15) is 0 Å². The molecular formula is C16H21NS. The summed E-state index contributed by atoms with van der Waals surface area (Å²) in [6.07, 6.45) is 3.47. The number of hydrogen-bond donors (Lipinski definition) is 1. The van der Waals surface area contributed by atoms with Crippen LogP contribution in [0.2, 0.25) is 0 Å².